The van der Waals surface area contributed by atoms with Crippen molar-refractivity contribution in [1.82, 2.24) is 10.3 Å². The number of pyridine rings is 1. The van der Waals surface area contributed by atoms with Crippen LogP contribution in [0.3, 0.4) is 0 Å². The Bertz CT molecular complexity index is 1050. The molecule has 0 spiro atoms. The van der Waals surface area contributed by atoms with Crippen LogP contribution in [0.5, 0.6) is 0 Å². The second kappa shape index (κ2) is 8.15. The fourth-order valence-corrected chi connectivity index (χ4v) is 8.18. The Morgan fingerprint density at radius 1 is 1.12 bits per heavy atom. The van der Waals surface area contributed by atoms with E-state index in [1.807, 2.05) is 36.4 Å². The van der Waals surface area contributed by atoms with Crippen molar-refractivity contribution >= 4 is 29.3 Å². The largest absolute Gasteiger partial charge is 0.349 e. The highest BCUT2D eigenvalue weighted by Gasteiger charge is 2.53. The molecule has 33 heavy (non-hydrogen) atoms. The first-order valence-corrected chi connectivity index (χ1v) is 13.3. The summed E-state index contributed by atoms with van der Waals surface area (Å²) in [5.74, 6) is 3.16. The summed E-state index contributed by atoms with van der Waals surface area (Å²) in [6.07, 6.45) is 9.88. The van der Waals surface area contributed by atoms with Crippen molar-refractivity contribution in [3.63, 3.8) is 0 Å². The highest BCUT2D eigenvalue weighted by atomic mass is 32.2. The SMILES string of the molecule is C[C@@H](NC(=O)c1ccc(CN2C(=O)CSc3ncccc32)cc1)C12CC3CC(CC(C3)C1)C2. The Kier molecular flexibility index (Phi) is 5.24. The van der Waals surface area contributed by atoms with Gasteiger partial charge in [0.25, 0.3) is 5.91 Å². The molecule has 4 fully saturated rings. The van der Waals surface area contributed by atoms with Gasteiger partial charge < -0.3 is 10.2 Å². The topological polar surface area (TPSA) is 62.3 Å². The molecule has 2 heterocycles. The van der Waals surface area contributed by atoms with Gasteiger partial charge in [0.2, 0.25) is 5.91 Å². The molecule has 5 nitrogen and oxygen atoms in total. The second-order valence-corrected chi connectivity index (χ2v) is 11.7. The minimum atomic E-state index is 0.0183. The van der Waals surface area contributed by atoms with E-state index < -0.39 is 0 Å². The fourth-order valence-electron chi connectivity index (χ4n) is 7.30. The van der Waals surface area contributed by atoms with Crippen LogP contribution < -0.4 is 10.2 Å². The van der Waals surface area contributed by atoms with Crippen molar-refractivity contribution in [2.45, 2.75) is 63.1 Å². The monoisotopic (exact) mass is 461 g/mol. The first-order valence-electron chi connectivity index (χ1n) is 12.3. The van der Waals surface area contributed by atoms with Crippen LogP contribution in [-0.2, 0) is 11.3 Å². The predicted octanol–water partition coefficient (Wildman–Crippen LogP) is 5.06. The number of amides is 2. The maximum absolute atomic E-state index is 13.1. The number of fused-ring (bicyclic) bond motifs is 1. The van der Waals surface area contributed by atoms with Crippen LogP contribution >= 0.6 is 11.8 Å². The molecule has 5 aliphatic rings. The van der Waals surface area contributed by atoms with E-state index in [0.29, 0.717) is 23.3 Å². The van der Waals surface area contributed by atoms with E-state index in [0.717, 1.165) is 34.0 Å². The number of anilines is 1. The summed E-state index contributed by atoms with van der Waals surface area (Å²) in [4.78, 5) is 31.8. The van der Waals surface area contributed by atoms with Crippen molar-refractivity contribution in [2.24, 2.45) is 23.2 Å². The normalized spacial score (nSPS) is 30.8. The number of nitrogens with one attached hydrogen (secondary N) is 1. The number of rotatable bonds is 5. The standard InChI is InChI=1S/C27H31N3O2S/c1-17(27-12-19-9-20(13-27)11-21(10-19)14-27)29-25(32)22-6-4-18(5-7-22)15-30-23-3-2-8-28-26(23)33-16-24(30)31/h2-8,17,19-21H,9-16H2,1H3,(H,29,32)/t17-,19?,20?,21?,27?/m1/s1. The summed E-state index contributed by atoms with van der Waals surface area (Å²) in [5, 5.41) is 4.25. The summed E-state index contributed by atoms with van der Waals surface area (Å²) >= 11 is 1.49. The zero-order valence-electron chi connectivity index (χ0n) is 19.1. The maximum Gasteiger partial charge on any atom is 0.251 e. The van der Waals surface area contributed by atoms with E-state index in [2.05, 4.69) is 17.2 Å². The van der Waals surface area contributed by atoms with E-state index in [4.69, 9.17) is 0 Å². The number of hydrogen-bond acceptors (Lipinski definition) is 4. The lowest BCUT2D eigenvalue weighted by Gasteiger charge is -2.59. The minimum absolute atomic E-state index is 0.0183. The van der Waals surface area contributed by atoms with E-state index in [1.165, 1.54) is 50.3 Å². The number of carbonyl (C=O) groups is 2. The van der Waals surface area contributed by atoms with E-state index in [1.54, 1.807) is 11.1 Å². The Hall–Kier alpha value is -2.34. The molecule has 4 aliphatic carbocycles. The third-order valence-corrected chi connectivity index (χ3v) is 9.56. The summed E-state index contributed by atoms with van der Waals surface area (Å²) in [5.41, 5.74) is 2.87. The number of benzene rings is 1. The average molecular weight is 462 g/mol. The third-order valence-electron chi connectivity index (χ3n) is 8.58. The molecule has 0 radical (unpaired) electrons. The zero-order chi connectivity index (χ0) is 22.6. The lowest BCUT2D eigenvalue weighted by molar-refractivity contribution is -0.116. The van der Waals surface area contributed by atoms with Gasteiger partial charge in [-0.05, 0) is 98.4 Å². The van der Waals surface area contributed by atoms with Crippen LogP contribution in [0.1, 0.15) is 61.4 Å². The van der Waals surface area contributed by atoms with Gasteiger partial charge in [-0.1, -0.05) is 23.9 Å². The maximum atomic E-state index is 13.1. The second-order valence-electron chi connectivity index (χ2n) is 10.8. The summed E-state index contributed by atoms with van der Waals surface area (Å²) in [7, 11) is 0. The van der Waals surface area contributed by atoms with Gasteiger partial charge >= 0.3 is 0 Å². The fraction of sp³-hybridized carbons (Fsp3) is 0.519. The Labute approximate surface area is 199 Å². The molecule has 1 atom stereocenters. The van der Waals surface area contributed by atoms with Crippen LogP contribution in [0.2, 0.25) is 0 Å². The molecule has 0 unspecified atom stereocenters. The van der Waals surface area contributed by atoms with Crippen molar-refractivity contribution in [3.8, 4) is 0 Å². The number of thioether (sulfide) groups is 1. The van der Waals surface area contributed by atoms with Gasteiger partial charge in [-0.15, -0.1) is 0 Å². The highest BCUT2D eigenvalue weighted by Crippen LogP contribution is 2.61. The molecule has 172 valence electrons. The summed E-state index contributed by atoms with van der Waals surface area (Å²) in [6, 6.07) is 11.7. The van der Waals surface area contributed by atoms with Gasteiger partial charge in [0.05, 0.1) is 18.0 Å². The predicted molar refractivity (Wildman–Crippen MR) is 130 cm³/mol. The molecule has 4 saturated carbocycles. The van der Waals surface area contributed by atoms with Crippen LogP contribution in [0, 0.1) is 23.2 Å². The number of hydrogen-bond donors (Lipinski definition) is 1. The van der Waals surface area contributed by atoms with Crippen molar-refractivity contribution in [2.75, 3.05) is 10.7 Å². The molecule has 2 aromatic rings. The summed E-state index contributed by atoms with van der Waals surface area (Å²) < 4.78 is 0. The van der Waals surface area contributed by atoms with Gasteiger partial charge in [0.15, 0.2) is 0 Å². The molecule has 1 aromatic carbocycles. The average Bonchev–Trinajstić information content (AvgIpc) is 2.80. The van der Waals surface area contributed by atoms with Crippen molar-refractivity contribution < 1.29 is 9.59 Å². The highest BCUT2D eigenvalue weighted by molar-refractivity contribution is 8.00. The van der Waals surface area contributed by atoms with Crippen LogP contribution in [0.15, 0.2) is 47.6 Å². The van der Waals surface area contributed by atoms with E-state index in [-0.39, 0.29) is 17.9 Å². The lowest BCUT2D eigenvalue weighted by Crippen LogP contribution is -2.55. The molecule has 2 amide bonds. The van der Waals surface area contributed by atoms with Crippen molar-refractivity contribution in [1.29, 1.82) is 0 Å². The molecule has 7 rings (SSSR count). The number of aromatic nitrogens is 1. The molecule has 1 aliphatic heterocycles. The molecule has 0 saturated heterocycles. The number of nitrogens with zero attached hydrogens (tertiary/aromatic N) is 2. The number of carbonyl (C=O) groups excluding carboxylic acids is 2. The van der Waals surface area contributed by atoms with Gasteiger partial charge in [0, 0.05) is 17.8 Å². The summed E-state index contributed by atoms with van der Waals surface area (Å²) in [6.45, 7) is 2.72. The first-order chi connectivity index (χ1) is 16.0. The lowest BCUT2D eigenvalue weighted by atomic mass is 9.48. The first kappa shape index (κ1) is 21.2. The van der Waals surface area contributed by atoms with Crippen LogP contribution in [0.4, 0.5) is 5.69 Å². The molecule has 1 aromatic heterocycles. The molecular formula is C27H31N3O2S. The van der Waals surface area contributed by atoms with Gasteiger partial charge in [-0.2, -0.15) is 0 Å². The Morgan fingerprint density at radius 2 is 1.79 bits per heavy atom. The van der Waals surface area contributed by atoms with Crippen LogP contribution in [-0.4, -0.2) is 28.6 Å². The van der Waals surface area contributed by atoms with Gasteiger partial charge in [-0.3, -0.25) is 9.59 Å². The van der Waals surface area contributed by atoms with Gasteiger partial charge in [-0.25, -0.2) is 4.98 Å². The zero-order valence-corrected chi connectivity index (χ0v) is 19.9. The molecule has 4 bridgehead atoms. The third kappa shape index (κ3) is 3.86. The van der Waals surface area contributed by atoms with Gasteiger partial charge in [0.1, 0.15) is 5.03 Å². The molecular weight excluding hydrogens is 430 g/mol. The van der Waals surface area contributed by atoms with E-state index in [9.17, 15) is 9.59 Å². The minimum Gasteiger partial charge on any atom is -0.349 e. The van der Waals surface area contributed by atoms with E-state index >= 15 is 0 Å². The molecule has 1 N–H and O–H groups in total. The Morgan fingerprint density at radius 3 is 2.45 bits per heavy atom. The van der Waals surface area contributed by atoms with Crippen molar-refractivity contribution in [3.05, 3.63) is 53.7 Å². The quantitative estimate of drug-likeness (QED) is 0.676. The van der Waals surface area contributed by atoms with Crippen LogP contribution in [0.25, 0.3) is 0 Å². The smallest absolute Gasteiger partial charge is 0.251 e. The Balaban J connectivity index is 1.13. The molecule has 6 heteroatoms.